The quantitative estimate of drug-likeness (QED) is 0.496. The highest BCUT2D eigenvalue weighted by Gasteiger charge is 2.28. The van der Waals surface area contributed by atoms with E-state index in [4.69, 9.17) is 4.74 Å². The number of ether oxygens (including phenoxy) is 1. The van der Waals surface area contributed by atoms with E-state index in [1.165, 1.54) is 19.2 Å². The van der Waals surface area contributed by atoms with Crippen LogP contribution in [0.3, 0.4) is 0 Å². The van der Waals surface area contributed by atoms with Crippen molar-refractivity contribution in [3.63, 3.8) is 0 Å². The van der Waals surface area contributed by atoms with Crippen LogP contribution in [0.1, 0.15) is 28.2 Å². The summed E-state index contributed by atoms with van der Waals surface area (Å²) in [5.74, 6) is -0.368. The van der Waals surface area contributed by atoms with Crippen molar-refractivity contribution in [3.05, 3.63) is 51.3 Å². The molecule has 0 aliphatic carbocycles. The van der Waals surface area contributed by atoms with Gasteiger partial charge < -0.3 is 9.30 Å². The fourth-order valence-electron chi connectivity index (χ4n) is 3.18. The number of carbonyl (C=O) groups is 1. The number of nitro groups is 1. The standard InChI is InChI=1S/C16H16N2O4/c1-10-14(16(19)22-2)15(13-4-3-9-17(10)13)11-5-7-12(8-6-11)18(20)21/h5-8H,3-4,9H2,1-2H3. The second-order valence-electron chi connectivity index (χ2n) is 5.33. The first-order chi connectivity index (χ1) is 10.5. The van der Waals surface area contributed by atoms with Crippen molar-refractivity contribution in [2.24, 2.45) is 0 Å². The highest BCUT2D eigenvalue weighted by Crippen LogP contribution is 2.37. The summed E-state index contributed by atoms with van der Waals surface area (Å²) in [6.45, 7) is 2.80. The van der Waals surface area contributed by atoms with Crippen molar-refractivity contribution in [1.29, 1.82) is 0 Å². The summed E-state index contributed by atoms with van der Waals surface area (Å²) in [5, 5.41) is 10.8. The number of benzene rings is 1. The van der Waals surface area contributed by atoms with Gasteiger partial charge >= 0.3 is 5.97 Å². The van der Waals surface area contributed by atoms with E-state index in [0.717, 1.165) is 41.9 Å². The van der Waals surface area contributed by atoms with E-state index >= 15 is 0 Å². The Morgan fingerprint density at radius 1 is 1.32 bits per heavy atom. The Labute approximate surface area is 127 Å². The van der Waals surface area contributed by atoms with E-state index in [1.54, 1.807) is 12.1 Å². The topological polar surface area (TPSA) is 74.4 Å². The van der Waals surface area contributed by atoms with Crippen LogP contribution in [0.25, 0.3) is 11.1 Å². The molecule has 22 heavy (non-hydrogen) atoms. The molecule has 6 heteroatoms. The van der Waals surface area contributed by atoms with Gasteiger partial charge in [0, 0.05) is 35.6 Å². The summed E-state index contributed by atoms with van der Waals surface area (Å²) in [7, 11) is 1.37. The van der Waals surface area contributed by atoms with Crippen LogP contribution in [-0.2, 0) is 17.7 Å². The number of methoxy groups -OCH3 is 1. The fraction of sp³-hybridized carbons (Fsp3) is 0.312. The maximum atomic E-state index is 12.2. The summed E-state index contributed by atoms with van der Waals surface area (Å²) in [5.41, 5.74) is 4.25. The number of nitrogens with zero attached hydrogens (tertiary/aromatic N) is 2. The molecule has 0 bridgehead atoms. The molecule has 0 amide bonds. The van der Waals surface area contributed by atoms with Gasteiger partial charge in [-0.15, -0.1) is 0 Å². The highest BCUT2D eigenvalue weighted by atomic mass is 16.6. The SMILES string of the molecule is COC(=O)c1c(-c2ccc([N+](=O)[O-])cc2)c2n(c1C)CCC2. The number of rotatable bonds is 3. The van der Waals surface area contributed by atoms with E-state index in [1.807, 2.05) is 6.92 Å². The number of carbonyl (C=O) groups excluding carboxylic acids is 1. The molecule has 1 aliphatic rings. The van der Waals surface area contributed by atoms with Crippen molar-refractivity contribution in [2.45, 2.75) is 26.3 Å². The van der Waals surface area contributed by atoms with E-state index in [9.17, 15) is 14.9 Å². The van der Waals surface area contributed by atoms with Crippen LogP contribution in [-0.4, -0.2) is 22.6 Å². The average Bonchev–Trinajstić information content (AvgIpc) is 3.09. The van der Waals surface area contributed by atoms with Gasteiger partial charge in [-0.25, -0.2) is 4.79 Å². The zero-order valence-corrected chi connectivity index (χ0v) is 12.5. The van der Waals surface area contributed by atoms with Crippen LogP contribution in [0.2, 0.25) is 0 Å². The van der Waals surface area contributed by atoms with Gasteiger partial charge in [0.25, 0.3) is 5.69 Å². The van der Waals surface area contributed by atoms with Crippen LogP contribution >= 0.6 is 0 Å². The molecule has 1 aromatic heterocycles. The van der Waals surface area contributed by atoms with Crippen LogP contribution in [0.5, 0.6) is 0 Å². The van der Waals surface area contributed by atoms with Crippen LogP contribution in [0, 0.1) is 17.0 Å². The van der Waals surface area contributed by atoms with E-state index in [2.05, 4.69) is 4.57 Å². The number of hydrogen-bond acceptors (Lipinski definition) is 4. The molecule has 0 atom stereocenters. The zero-order chi connectivity index (χ0) is 15.9. The van der Waals surface area contributed by atoms with Gasteiger partial charge in [0.05, 0.1) is 17.6 Å². The molecule has 6 nitrogen and oxygen atoms in total. The molecule has 0 unspecified atom stereocenters. The molecule has 0 N–H and O–H groups in total. The lowest BCUT2D eigenvalue weighted by molar-refractivity contribution is -0.384. The van der Waals surface area contributed by atoms with Crippen molar-refractivity contribution in [1.82, 2.24) is 4.57 Å². The third kappa shape index (κ3) is 2.07. The Balaban J connectivity index is 2.19. The Kier molecular flexibility index (Phi) is 3.44. The molecule has 2 heterocycles. The predicted molar refractivity (Wildman–Crippen MR) is 80.9 cm³/mol. The molecule has 0 fully saturated rings. The van der Waals surface area contributed by atoms with E-state index in [0.29, 0.717) is 5.56 Å². The Morgan fingerprint density at radius 2 is 2.00 bits per heavy atom. The minimum Gasteiger partial charge on any atom is -0.465 e. The molecule has 0 spiro atoms. The molecule has 1 aromatic carbocycles. The van der Waals surface area contributed by atoms with Crippen LogP contribution in [0.4, 0.5) is 5.69 Å². The second-order valence-corrected chi connectivity index (χ2v) is 5.33. The number of hydrogen-bond donors (Lipinski definition) is 0. The minimum atomic E-state index is -0.430. The maximum Gasteiger partial charge on any atom is 0.340 e. The summed E-state index contributed by atoms with van der Waals surface area (Å²) in [6, 6.07) is 6.31. The van der Waals surface area contributed by atoms with Gasteiger partial charge in [0.15, 0.2) is 0 Å². The van der Waals surface area contributed by atoms with Gasteiger partial charge in [0.1, 0.15) is 0 Å². The molecule has 0 saturated heterocycles. The average molecular weight is 300 g/mol. The molecule has 0 radical (unpaired) electrons. The van der Waals surface area contributed by atoms with E-state index < -0.39 is 4.92 Å². The van der Waals surface area contributed by atoms with Crippen LogP contribution in [0.15, 0.2) is 24.3 Å². The molecular weight excluding hydrogens is 284 g/mol. The van der Waals surface area contributed by atoms with Crippen molar-refractivity contribution < 1.29 is 14.5 Å². The molecule has 1 aliphatic heterocycles. The van der Waals surface area contributed by atoms with Gasteiger partial charge in [-0.2, -0.15) is 0 Å². The number of fused-ring (bicyclic) bond motifs is 1. The first-order valence-electron chi connectivity index (χ1n) is 7.09. The number of esters is 1. The lowest BCUT2D eigenvalue weighted by Gasteiger charge is -2.06. The summed E-state index contributed by atoms with van der Waals surface area (Å²) in [4.78, 5) is 22.5. The molecule has 114 valence electrons. The number of aromatic nitrogens is 1. The lowest BCUT2D eigenvalue weighted by Crippen LogP contribution is -2.05. The largest absolute Gasteiger partial charge is 0.465 e. The lowest BCUT2D eigenvalue weighted by atomic mass is 9.98. The molecule has 2 aromatic rings. The fourth-order valence-corrected chi connectivity index (χ4v) is 3.18. The van der Waals surface area contributed by atoms with E-state index in [-0.39, 0.29) is 11.7 Å². The second kappa shape index (κ2) is 5.29. The van der Waals surface area contributed by atoms with Crippen molar-refractivity contribution in [2.75, 3.05) is 7.11 Å². The third-order valence-electron chi connectivity index (χ3n) is 4.18. The van der Waals surface area contributed by atoms with Gasteiger partial charge in [-0.05, 0) is 37.5 Å². The predicted octanol–water partition coefficient (Wildman–Crippen LogP) is 3.10. The molecular formula is C16H16N2O4. The normalized spacial score (nSPS) is 13.0. The third-order valence-corrected chi connectivity index (χ3v) is 4.18. The molecule has 3 rings (SSSR count). The Bertz CT molecular complexity index is 759. The Morgan fingerprint density at radius 3 is 2.59 bits per heavy atom. The first-order valence-corrected chi connectivity index (χ1v) is 7.09. The van der Waals surface area contributed by atoms with Crippen molar-refractivity contribution in [3.8, 4) is 11.1 Å². The van der Waals surface area contributed by atoms with Gasteiger partial charge in [-0.1, -0.05) is 0 Å². The van der Waals surface area contributed by atoms with Crippen LogP contribution < -0.4 is 0 Å². The molecule has 0 saturated carbocycles. The highest BCUT2D eigenvalue weighted by molar-refractivity contribution is 6.00. The zero-order valence-electron chi connectivity index (χ0n) is 12.5. The maximum absolute atomic E-state index is 12.2. The Hall–Kier alpha value is -2.63. The monoisotopic (exact) mass is 300 g/mol. The summed E-state index contributed by atoms with van der Waals surface area (Å²) in [6.07, 6.45) is 1.93. The van der Waals surface area contributed by atoms with Crippen molar-refractivity contribution >= 4 is 11.7 Å². The number of non-ortho nitro benzene ring substituents is 1. The van der Waals surface area contributed by atoms with Gasteiger partial charge in [0.2, 0.25) is 0 Å². The summed E-state index contributed by atoms with van der Waals surface area (Å²) >= 11 is 0. The summed E-state index contributed by atoms with van der Waals surface area (Å²) < 4.78 is 7.06. The first kappa shape index (κ1) is 14.3. The minimum absolute atomic E-state index is 0.0379. The smallest absolute Gasteiger partial charge is 0.340 e. The number of nitro benzene ring substituents is 1. The van der Waals surface area contributed by atoms with Gasteiger partial charge in [-0.3, -0.25) is 10.1 Å².